The molecule has 0 aromatic heterocycles. The molecule has 5 rings (SSSR count). The Hall–Kier alpha value is -3.20. The molecule has 1 atom stereocenters. The zero-order chi connectivity index (χ0) is 20.5. The van der Waals surface area contributed by atoms with Gasteiger partial charge in [-0.15, -0.1) is 0 Å². The van der Waals surface area contributed by atoms with E-state index in [4.69, 9.17) is 0 Å². The lowest BCUT2D eigenvalue weighted by Crippen LogP contribution is -2.14. The number of hydrogen-bond acceptors (Lipinski definition) is 2. The number of allylic oxidation sites excluding steroid dienone is 4. The number of fused-ring (bicyclic) bond motifs is 1. The third-order valence-electron chi connectivity index (χ3n) is 6.03. The number of aliphatic hydroxyl groups excluding tert-OH is 1. The number of aliphatic hydroxyl groups is 2. The molecule has 0 heterocycles. The molecule has 0 radical (unpaired) electrons. The van der Waals surface area contributed by atoms with E-state index in [0.717, 1.165) is 24.0 Å². The lowest BCUT2D eigenvalue weighted by atomic mass is 9.95. The molecule has 2 heteroatoms. The van der Waals surface area contributed by atoms with Gasteiger partial charge in [-0.3, -0.25) is 0 Å². The van der Waals surface area contributed by atoms with Gasteiger partial charge in [-0.05, 0) is 63.4 Å². The standard InChI is InChI=1S/C28H24O2/c29-28(30)27-15-13-25-18-24(12-14-26(25)27)23-11-10-22(17-23)21-8-6-20(7-9-21)16-19-4-2-1-3-5-19/h1-10,12-15,17-18,27-30H,11,16H2. The van der Waals surface area contributed by atoms with Crippen LogP contribution in [0.5, 0.6) is 0 Å². The van der Waals surface area contributed by atoms with Gasteiger partial charge in [0.2, 0.25) is 0 Å². The van der Waals surface area contributed by atoms with Crippen molar-refractivity contribution in [3.05, 3.63) is 124 Å². The summed E-state index contributed by atoms with van der Waals surface area (Å²) in [4.78, 5) is 0. The van der Waals surface area contributed by atoms with Crippen LogP contribution in [-0.4, -0.2) is 16.5 Å². The molecule has 1 unspecified atom stereocenters. The summed E-state index contributed by atoms with van der Waals surface area (Å²) in [6.45, 7) is 0. The van der Waals surface area contributed by atoms with Crippen LogP contribution in [0.25, 0.3) is 17.2 Å². The van der Waals surface area contributed by atoms with Crippen molar-refractivity contribution in [2.24, 2.45) is 0 Å². The molecule has 0 spiro atoms. The largest absolute Gasteiger partial charge is 0.367 e. The van der Waals surface area contributed by atoms with E-state index in [9.17, 15) is 10.2 Å². The second-order valence-corrected chi connectivity index (χ2v) is 8.03. The highest BCUT2D eigenvalue weighted by molar-refractivity contribution is 5.90. The number of rotatable bonds is 5. The van der Waals surface area contributed by atoms with Crippen molar-refractivity contribution in [1.29, 1.82) is 0 Å². The summed E-state index contributed by atoms with van der Waals surface area (Å²) < 4.78 is 0. The van der Waals surface area contributed by atoms with Gasteiger partial charge in [-0.2, -0.15) is 0 Å². The minimum Gasteiger partial charge on any atom is -0.367 e. The number of hydrogen-bond donors (Lipinski definition) is 2. The van der Waals surface area contributed by atoms with Crippen molar-refractivity contribution in [2.75, 3.05) is 0 Å². The molecule has 2 N–H and O–H groups in total. The molecular formula is C28H24O2. The highest BCUT2D eigenvalue weighted by Crippen LogP contribution is 2.37. The van der Waals surface area contributed by atoms with Crippen LogP contribution in [0.2, 0.25) is 0 Å². The van der Waals surface area contributed by atoms with Gasteiger partial charge in [0, 0.05) is 0 Å². The Kier molecular flexibility index (Phi) is 4.96. The van der Waals surface area contributed by atoms with Gasteiger partial charge >= 0.3 is 0 Å². The van der Waals surface area contributed by atoms with E-state index in [0.29, 0.717) is 0 Å². The second-order valence-electron chi connectivity index (χ2n) is 8.03. The molecule has 0 saturated carbocycles. The fourth-order valence-corrected chi connectivity index (χ4v) is 4.37. The van der Waals surface area contributed by atoms with Crippen LogP contribution >= 0.6 is 0 Å². The number of benzene rings is 3. The summed E-state index contributed by atoms with van der Waals surface area (Å²) in [6.07, 6.45) is 8.91. The summed E-state index contributed by atoms with van der Waals surface area (Å²) in [5, 5.41) is 19.1. The maximum atomic E-state index is 9.53. The monoisotopic (exact) mass is 392 g/mol. The SMILES string of the molecule is OC(O)C1C=Cc2cc(C3=CC(c4ccc(Cc5ccccc5)cc4)=CC3)ccc21. The van der Waals surface area contributed by atoms with Gasteiger partial charge in [0.05, 0.1) is 5.92 Å². The topological polar surface area (TPSA) is 40.5 Å². The summed E-state index contributed by atoms with van der Waals surface area (Å²) in [5.41, 5.74) is 9.69. The van der Waals surface area contributed by atoms with E-state index in [1.807, 2.05) is 18.2 Å². The molecule has 2 nitrogen and oxygen atoms in total. The molecule has 2 aliphatic rings. The minimum absolute atomic E-state index is 0.324. The molecule has 0 bridgehead atoms. The highest BCUT2D eigenvalue weighted by atomic mass is 16.5. The summed E-state index contributed by atoms with van der Waals surface area (Å²) >= 11 is 0. The second kappa shape index (κ2) is 7.91. The van der Waals surface area contributed by atoms with E-state index in [2.05, 4.69) is 78.9 Å². The average Bonchev–Trinajstić information content (AvgIpc) is 3.42. The first-order chi connectivity index (χ1) is 14.7. The smallest absolute Gasteiger partial charge is 0.161 e. The Balaban J connectivity index is 1.32. The summed E-state index contributed by atoms with van der Waals surface area (Å²) in [7, 11) is 0. The van der Waals surface area contributed by atoms with Gasteiger partial charge in [0.25, 0.3) is 0 Å². The molecule has 0 fully saturated rings. The first-order valence-corrected chi connectivity index (χ1v) is 10.4. The van der Waals surface area contributed by atoms with Gasteiger partial charge in [0.15, 0.2) is 6.29 Å². The maximum absolute atomic E-state index is 9.53. The minimum atomic E-state index is -1.35. The van der Waals surface area contributed by atoms with Gasteiger partial charge in [-0.1, -0.05) is 91.0 Å². The van der Waals surface area contributed by atoms with Crippen LogP contribution in [0.3, 0.4) is 0 Å². The van der Waals surface area contributed by atoms with E-state index < -0.39 is 6.29 Å². The molecule has 0 saturated heterocycles. The zero-order valence-electron chi connectivity index (χ0n) is 16.7. The molecule has 3 aromatic rings. The quantitative estimate of drug-likeness (QED) is 0.557. The average molecular weight is 392 g/mol. The Morgan fingerprint density at radius 3 is 2.33 bits per heavy atom. The van der Waals surface area contributed by atoms with Crippen LogP contribution in [-0.2, 0) is 6.42 Å². The van der Waals surface area contributed by atoms with Crippen LogP contribution in [0.4, 0.5) is 0 Å². The molecular weight excluding hydrogens is 368 g/mol. The maximum Gasteiger partial charge on any atom is 0.161 e. The van der Waals surface area contributed by atoms with Crippen molar-refractivity contribution in [3.8, 4) is 0 Å². The van der Waals surface area contributed by atoms with Crippen LogP contribution in [0.15, 0.2) is 91.0 Å². The Morgan fingerprint density at radius 1 is 0.833 bits per heavy atom. The van der Waals surface area contributed by atoms with E-state index >= 15 is 0 Å². The van der Waals surface area contributed by atoms with Crippen molar-refractivity contribution >= 4 is 17.2 Å². The van der Waals surface area contributed by atoms with Crippen LogP contribution in [0, 0.1) is 0 Å². The fourth-order valence-electron chi connectivity index (χ4n) is 4.37. The first kappa shape index (κ1) is 18.8. The predicted molar refractivity (Wildman–Crippen MR) is 123 cm³/mol. The molecule has 0 aliphatic heterocycles. The lowest BCUT2D eigenvalue weighted by molar-refractivity contribution is -0.0490. The Bertz CT molecular complexity index is 1150. The van der Waals surface area contributed by atoms with Crippen molar-refractivity contribution < 1.29 is 10.2 Å². The van der Waals surface area contributed by atoms with Crippen LogP contribution in [0.1, 0.15) is 45.7 Å². The summed E-state index contributed by atoms with van der Waals surface area (Å²) in [5.74, 6) is -0.324. The normalized spacial score (nSPS) is 17.2. The van der Waals surface area contributed by atoms with Crippen molar-refractivity contribution in [3.63, 3.8) is 0 Å². The predicted octanol–water partition coefficient (Wildman–Crippen LogP) is 5.57. The highest BCUT2D eigenvalue weighted by Gasteiger charge is 2.23. The third kappa shape index (κ3) is 3.68. The molecule has 2 aliphatic carbocycles. The lowest BCUT2D eigenvalue weighted by Gasteiger charge is -2.14. The van der Waals surface area contributed by atoms with E-state index in [1.54, 1.807) is 0 Å². The molecule has 0 amide bonds. The molecule has 3 aromatic carbocycles. The third-order valence-corrected chi connectivity index (χ3v) is 6.03. The van der Waals surface area contributed by atoms with Crippen LogP contribution < -0.4 is 0 Å². The zero-order valence-corrected chi connectivity index (χ0v) is 16.7. The fraction of sp³-hybridized carbons (Fsp3) is 0.143. The Morgan fingerprint density at radius 2 is 1.57 bits per heavy atom. The summed E-state index contributed by atoms with van der Waals surface area (Å²) in [6, 6.07) is 25.7. The Labute approximate surface area is 177 Å². The van der Waals surface area contributed by atoms with Crippen molar-refractivity contribution in [1.82, 2.24) is 0 Å². The van der Waals surface area contributed by atoms with E-state index in [-0.39, 0.29) is 5.92 Å². The van der Waals surface area contributed by atoms with Gasteiger partial charge in [-0.25, -0.2) is 0 Å². The van der Waals surface area contributed by atoms with Gasteiger partial charge < -0.3 is 10.2 Å². The molecule has 30 heavy (non-hydrogen) atoms. The van der Waals surface area contributed by atoms with Crippen molar-refractivity contribution in [2.45, 2.75) is 25.0 Å². The van der Waals surface area contributed by atoms with E-state index in [1.165, 1.54) is 33.4 Å². The van der Waals surface area contributed by atoms with Gasteiger partial charge in [0.1, 0.15) is 0 Å². The molecule has 148 valence electrons. The first-order valence-electron chi connectivity index (χ1n) is 10.4.